The first kappa shape index (κ1) is 27.1. The van der Waals surface area contributed by atoms with Crippen LogP contribution in [0.1, 0.15) is 45.0 Å². The number of ether oxygens (including phenoxy) is 2. The fourth-order valence-corrected chi connectivity index (χ4v) is 5.25. The van der Waals surface area contributed by atoms with Crippen LogP contribution < -0.4 is 9.64 Å². The second kappa shape index (κ2) is 11.2. The number of aliphatic hydroxyl groups excluding tert-OH is 1. The Morgan fingerprint density at radius 3 is 2.55 bits per heavy atom. The van der Waals surface area contributed by atoms with Crippen LogP contribution in [0, 0.1) is 13.8 Å². The Morgan fingerprint density at radius 1 is 1.21 bits per heavy atom. The van der Waals surface area contributed by atoms with Crippen LogP contribution in [-0.4, -0.2) is 41.0 Å². The van der Waals surface area contributed by atoms with Crippen molar-refractivity contribution in [3.05, 3.63) is 93.0 Å². The van der Waals surface area contributed by atoms with E-state index in [-0.39, 0.29) is 27.9 Å². The minimum Gasteiger partial charge on any atom is -0.507 e. The number of carbonyl (C=O) groups excluding carboxylic acids is 3. The average molecular weight is 553 g/mol. The van der Waals surface area contributed by atoms with Gasteiger partial charge in [0.2, 0.25) is 0 Å². The molecule has 10 heteroatoms. The lowest BCUT2D eigenvalue weighted by molar-refractivity contribution is -0.132. The second-order valence-corrected chi connectivity index (χ2v) is 9.85. The number of amides is 1. The van der Waals surface area contributed by atoms with E-state index in [4.69, 9.17) is 21.1 Å². The number of benzene rings is 2. The number of thiazole rings is 1. The van der Waals surface area contributed by atoms with Gasteiger partial charge in [-0.1, -0.05) is 47.7 Å². The Morgan fingerprint density at radius 2 is 1.92 bits per heavy atom. The standard InChI is InChI=1S/C28H25ClN2O6S/c1-5-13-37-27(35)25-16(4)30-28(38-25)31-22(17-7-10-19(29)11-8-17)21(24(33)26(31)34)23(32)18-9-12-20(36-6-2)15(3)14-18/h5,7-12,14,22,32H,1,6,13H2,2-4H3/b23-21-. The van der Waals surface area contributed by atoms with E-state index in [2.05, 4.69) is 11.6 Å². The van der Waals surface area contributed by atoms with Crippen LogP contribution in [-0.2, 0) is 14.3 Å². The van der Waals surface area contributed by atoms with Crippen molar-refractivity contribution in [2.45, 2.75) is 26.8 Å². The Bertz CT molecular complexity index is 1460. The Balaban J connectivity index is 1.87. The van der Waals surface area contributed by atoms with Gasteiger partial charge in [0.25, 0.3) is 5.78 Å². The molecular weight excluding hydrogens is 528 g/mol. The average Bonchev–Trinajstić information content (AvgIpc) is 3.40. The number of aliphatic hydroxyl groups is 1. The van der Waals surface area contributed by atoms with Crippen LogP contribution in [0.2, 0.25) is 5.02 Å². The molecule has 3 aromatic rings. The first-order chi connectivity index (χ1) is 18.2. The summed E-state index contributed by atoms with van der Waals surface area (Å²) < 4.78 is 10.7. The van der Waals surface area contributed by atoms with Crippen molar-refractivity contribution in [3.8, 4) is 5.75 Å². The molecule has 0 bridgehead atoms. The maximum atomic E-state index is 13.4. The second-order valence-electron chi connectivity index (χ2n) is 8.43. The lowest BCUT2D eigenvalue weighted by atomic mass is 9.95. The predicted molar refractivity (Wildman–Crippen MR) is 146 cm³/mol. The van der Waals surface area contributed by atoms with Gasteiger partial charge in [0.15, 0.2) is 5.13 Å². The van der Waals surface area contributed by atoms with Crippen LogP contribution in [0.5, 0.6) is 5.75 Å². The van der Waals surface area contributed by atoms with E-state index in [0.717, 1.165) is 16.9 Å². The van der Waals surface area contributed by atoms with Gasteiger partial charge >= 0.3 is 11.9 Å². The molecule has 1 atom stereocenters. The number of hydrogen-bond acceptors (Lipinski definition) is 8. The third kappa shape index (κ3) is 5.07. The Hall–Kier alpha value is -3.95. The molecule has 1 aliphatic rings. The molecule has 2 heterocycles. The van der Waals surface area contributed by atoms with E-state index in [1.165, 1.54) is 11.0 Å². The van der Waals surface area contributed by atoms with Crippen LogP contribution >= 0.6 is 22.9 Å². The highest BCUT2D eigenvalue weighted by atomic mass is 35.5. The first-order valence-electron chi connectivity index (χ1n) is 11.7. The molecule has 38 heavy (non-hydrogen) atoms. The van der Waals surface area contributed by atoms with Crippen molar-refractivity contribution in [1.82, 2.24) is 4.98 Å². The largest absolute Gasteiger partial charge is 0.507 e. The molecule has 1 fully saturated rings. The van der Waals surface area contributed by atoms with E-state index in [9.17, 15) is 19.5 Å². The van der Waals surface area contributed by atoms with E-state index in [0.29, 0.717) is 34.2 Å². The molecule has 1 saturated heterocycles. The van der Waals surface area contributed by atoms with Crippen molar-refractivity contribution in [1.29, 1.82) is 0 Å². The minimum atomic E-state index is -1.01. The fourth-order valence-electron chi connectivity index (χ4n) is 4.13. The summed E-state index contributed by atoms with van der Waals surface area (Å²) in [6, 6.07) is 10.6. The smallest absolute Gasteiger partial charge is 0.350 e. The maximum Gasteiger partial charge on any atom is 0.350 e. The number of carbonyl (C=O) groups is 3. The molecule has 1 amide bonds. The van der Waals surface area contributed by atoms with Gasteiger partial charge in [-0.15, -0.1) is 0 Å². The third-order valence-corrected chi connectivity index (χ3v) is 7.28. The van der Waals surface area contributed by atoms with Crippen molar-refractivity contribution in [2.24, 2.45) is 0 Å². The zero-order valence-electron chi connectivity index (χ0n) is 21.0. The monoisotopic (exact) mass is 552 g/mol. The summed E-state index contributed by atoms with van der Waals surface area (Å²) >= 11 is 7.02. The Kier molecular flexibility index (Phi) is 7.99. The summed E-state index contributed by atoms with van der Waals surface area (Å²) in [5, 5.41) is 11.9. The van der Waals surface area contributed by atoms with Crippen molar-refractivity contribution in [2.75, 3.05) is 18.1 Å². The molecule has 1 aliphatic heterocycles. The van der Waals surface area contributed by atoms with E-state index in [1.807, 2.05) is 13.8 Å². The predicted octanol–water partition coefficient (Wildman–Crippen LogP) is 5.78. The van der Waals surface area contributed by atoms with Gasteiger partial charge in [-0.2, -0.15) is 0 Å². The molecule has 4 rings (SSSR count). The molecule has 1 N–H and O–H groups in total. The highest BCUT2D eigenvalue weighted by Gasteiger charge is 2.48. The molecule has 0 radical (unpaired) electrons. The molecular formula is C28H25ClN2O6S. The molecule has 0 aliphatic carbocycles. The Labute approximate surface area is 228 Å². The lowest BCUT2D eigenvalue weighted by Gasteiger charge is -2.23. The van der Waals surface area contributed by atoms with E-state index >= 15 is 0 Å². The summed E-state index contributed by atoms with van der Waals surface area (Å²) in [5.41, 5.74) is 1.88. The highest BCUT2D eigenvalue weighted by molar-refractivity contribution is 7.17. The van der Waals surface area contributed by atoms with Gasteiger partial charge < -0.3 is 14.6 Å². The number of aryl methyl sites for hydroxylation is 2. The number of aromatic nitrogens is 1. The van der Waals surface area contributed by atoms with Crippen molar-refractivity contribution in [3.63, 3.8) is 0 Å². The van der Waals surface area contributed by atoms with Crippen molar-refractivity contribution < 1.29 is 29.0 Å². The summed E-state index contributed by atoms with van der Waals surface area (Å²) in [6.45, 7) is 9.32. The molecule has 2 aromatic carbocycles. The zero-order chi connectivity index (χ0) is 27.6. The van der Waals surface area contributed by atoms with Crippen molar-refractivity contribution >= 4 is 51.5 Å². The maximum absolute atomic E-state index is 13.4. The molecule has 1 unspecified atom stereocenters. The van der Waals surface area contributed by atoms with Gasteiger partial charge in [0, 0.05) is 10.6 Å². The molecule has 8 nitrogen and oxygen atoms in total. The summed E-state index contributed by atoms with van der Waals surface area (Å²) in [4.78, 5) is 45.1. The number of rotatable bonds is 8. The molecule has 0 spiro atoms. The summed E-state index contributed by atoms with van der Waals surface area (Å²) in [7, 11) is 0. The number of nitrogens with zero attached hydrogens (tertiary/aromatic N) is 2. The van der Waals surface area contributed by atoms with E-state index < -0.39 is 23.7 Å². The first-order valence-corrected chi connectivity index (χ1v) is 12.9. The van der Waals surface area contributed by atoms with Gasteiger partial charge in [-0.3, -0.25) is 14.5 Å². The van der Waals surface area contributed by atoms with Crippen LogP contribution in [0.4, 0.5) is 5.13 Å². The van der Waals surface area contributed by atoms with Gasteiger partial charge in [-0.05, 0) is 62.2 Å². The third-order valence-electron chi connectivity index (χ3n) is 5.89. The molecule has 196 valence electrons. The number of hydrogen-bond donors (Lipinski definition) is 1. The van der Waals surface area contributed by atoms with E-state index in [1.54, 1.807) is 49.4 Å². The number of esters is 1. The topological polar surface area (TPSA) is 106 Å². The van der Waals surface area contributed by atoms with Gasteiger partial charge in [0.1, 0.15) is 23.0 Å². The molecule has 1 aromatic heterocycles. The van der Waals surface area contributed by atoms with Crippen LogP contribution in [0.25, 0.3) is 5.76 Å². The van der Waals surface area contributed by atoms with Crippen LogP contribution in [0.3, 0.4) is 0 Å². The normalized spacial score (nSPS) is 16.5. The quantitative estimate of drug-likeness (QED) is 0.124. The van der Waals surface area contributed by atoms with Crippen LogP contribution in [0.15, 0.2) is 60.7 Å². The minimum absolute atomic E-state index is 0.0162. The van der Waals surface area contributed by atoms with Gasteiger partial charge in [0.05, 0.1) is 23.9 Å². The fraction of sp³-hybridized carbons (Fsp3) is 0.214. The highest BCUT2D eigenvalue weighted by Crippen LogP contribution is 2.44. The number of Topliss-reactive ketones (excluding diaryl/α,β-unsaturated/α-hetero) is 1. The van der Waals surface area contributed by atoms with Gasteiger partial charge in [-0.25, -0.2) is 9.78 Å². The number of anilines is 1. The zero-order valence-corrected chi connectivity index (χ0v) is 22.6. The SMILES string of the molecule is C=CCOC(=O)c1sc(N2C(=O)C(=O)/C(=C(\O)c3ccc(OCC)c(C)c3)C2c2ccc(Cl)cc2)nc1C. The number of ketones is 1. The number of halogens is 1. The summed E-state index contributed by atoms with van der Waals surface area (Å²) in [5.74, 6) is -2.06. The molecule has 0 saturated carbocycles. The lowest BCUT2D eigenvalue weighted by Crippen LogP contribution is -2.29. The summed E-state index contributed by atoms with van der Waals surface area (Å²) in [6.07, 6.45) is 1.44.